The molecule has 1 aliphatic heterocycles. The quantitative estimate of drug-likeness (QED) is 0.360. The van der Waals surface area contributed by atoms with Gasteiger partial charge in [-0.15, -0.1) is 24.0 Å². The van der Waals surface area contributed by atoms with Crippen LogP contribution in [0.3, 0.4) is 0 Å². The average molecular weight is 535 g/mol. The van der Waals surface area contributed by atoms with E-state index >= 15 is 0 Å². The van der Waals surface area contributed by atoms with E-state index in [2.05, 4.69) is 32.0 Å². The summed E-state index contributed by atoms with van der Waals surface area (Å²) < 4.78 is 0. The number of nitrogens with zero attached hydrogens (tertiary/aromatic N) is 5. The molecule has 1 aliphatic rings. The molecule has 0 unspecified atom stereocenters. The number of hydrogen-bond acceptors (Lipinski definition) is 4. The number of hydrogen-bond donors (Lipinski definition) is 1. The fourth-order valence-electron chi connectivity index (χ4n) is 3.04. The highest BCUT2D eigenvalue weighted by molar-refractivity contribution is 14.0. The minimum Gasteiger partial charge on any atom is -0.357 e. The lowest BCUT2D eigenvalue weighted by Gasteiger charge is -2.36. The van der Waals surface area contributed by atoms with Crippen molar-refractivity contribution in [1.29, 1.82) is 0 Å². The Hall–Kier alpha value is -1.32. The number of anilines is 1. The van der Waals surface area contributed by atoms with Crippen LogP contribution in [0, 0.1) is 0 Å². The van der Waals surface area contributed by atoms with Gasteiger partial charge in [0.15, 0.2) is 5.96 Å². The highest BCUT2D eigenvalue weighted by Crippen LogP contribution is 2.24. The molecule has 152 valence electrons. The number of halogens is 3. The van der Waals surface area contributed by atoms with Crippen LogP contribution in [0.5, 0.6) is 0 Å². The van der Waals surface area contributed by atoms with Gasteiger partial charge in [-0.2, -0.15) is 0 Å². The van der Waals surface area contributed by atoms with E-state index in [4.69, 9.17) is 28.2 Å². The predicted molar refractivity (Wildman–Crippen MR) is 127 cm³/mol. The molecule has 1 fully saturated rings. The molecule has 1 N–H and O–H groups in total. The molecule has 2 aromatic rings. The van der Waals surface area contributed by atoms with E-state index in [-0.39, 0.29) is 24.0 Å². The van der Waals surface area contributed by atoms with Crippen molar-refractivity contribution in [3.05, 3.63) is 52.3 Å². The number of nitrogens with one attached hydrogen (secondary N) is 1. The van der Waals surface area contributed by atoms with Gasteiger partial charge in [0.1, 0.15) is 0 Å². The fourth-order valence-corrected chi connectivity index (χ4v) is 3.63. The van der Waals surface area contributed by atoms with Gasteiger partial charge in [0.2, 0.25) is 5.95 Å². The van der Waals surface area contributed by atoms with Crippen LogP contribution in [-0.2, 0) is 6.42 Å². The topological polar surface area (TPSA) is 56.7 Å². The second-order valence-corrected chi connectivity index (χ2v) is 7.02. The molecule has 0 aliphatic carbocycles. The summed E-state index contributed by atoms with van der Waals surface area (Å²) in [5.41, 5.74) is 0.950. The molecule has 3 rings (SSSR count). The first kappa shape index (κ1) is 23.0. The molecule has 0 amide bonds. The molecule has 0 saturated carbocycles. The summed E-state index contributed by atoms with van der Waals surface area (Å²) in [5.74, 6) is 1.71. The third-order valence-corrected chi connectivity index (χ3v) is 5.14. The van der Waals surface area contributed by atoms with Gasteiger partial charge in [0.05, 0.1) is 0 Å². The molecular weight excluding hydrogens is 510 g/mol. The lowest BCUT2D eigenvalue weighted by Crippen LogP contribution is -2.53. The van der Waals surface area contributed by atoms with Crippen molar-refractivity contribution in [2.24, 2.45) is 4.99 Å². The molecule has 1 aromatic heterocycles. The highest BCUT2D eigenvalue weighted by atomic mass is 127. The molecule has 1 saturated heterocycles. The largest absolute Gasteiger partial charge is 0.357 e. The maximum Gasteiger partial charge on any atom is 0.225 e. The molecule has 0 radical (unpaired) electrons. The minimum absolute atomic E-state index is 0. The maximum atomic E-state index is 6.25. The molecule has 0 spiro atoms. The van der Waals surface area contributed by atoms with Gasteiger partial charge >= 0.3 is 0 Å². The number of piperazine rings is 1. The third kappa shape index (κ3) is 6.09. The van der Waals surface area contributed by atoms with E-state index in [1.807, 2.05) is 24.3 Å². The van der Waals surface area contributed by atoms with Gasteiger partial charge in [0.25, 0.3) is 0 Å². The summed E-state index contributed by atoms with van der Waals surface area (Å²) >= 11 is 12.5. The van der Waals surface area contributed by atoms with E-state index in [1.54, 1.807) is 12.4 Å². The Labute approximate surface area is 193 Å². The van der Waals surface area contributed by atoms with Crippen LogP contribution in [-0.4, -0.2) is 60.1 Å². The Balaban J connectivity index is 0.00000280. The molecule has 28 heavy (non-hydrogen) atoms. The van der Waals surface area contributed by atoms with Crippen LogP contribution >= 0.6 is 47.2 Å². The lowest BCUT2D eigenvalue weighted by atomic mass is 10.1. The second-order valence-electron chi connectivity index (χ2n) is 6.21. The zero-order chi connectivity index (χ0) is 19.1. The van der Waals surface area contributed by atoms with E-state index in [9.17, 15) is 0 Å². The van der Waals surface area contributed by atoms with Crippen molar-refractivity contribution in [3.8, 4) is 0 Å². The number of benzene rings is 1. The SMILES string of the molecule is CCNC(=NCCc1c(Cl)cccc1Cl)N1CCN(c2ncccn2)CC1.I. The summed E-state index contributed by atoms with van der Waals surface area (Å²) in [6, 6.07) is 7.42. The summed E-state index contributed by atoms with van der Waals surface area (Å²) in [4.78, 5) is 17.9. The van der Waals surface area contributed by atoms with Crippen LogP contribution in [0.4, 0.5) is 5.95 Å². The summed E-state index contributed by atoms with van der Waals surface area (Å²) in [6.45, 7) is 7.01. The standard InChI is InChI=1S/C19H24Cl2N6.HI/c1-2-22-18(25-10-7-15-16(20)5-3-6-17(15)21)26-11-13-27(14-12-26)19-23-8-4-9-24-19;/h3-6,8-9H,2,7,10-14H2,1H3,(H,22,25);1H. The van der Waals surface area contributed by atoms with Crippen molar-refractivity contribution in [1.82, 2.24) is 20.2 Å². The van der Waals surface area contributed by atoms with E-state index in [1.165, 1.54) is 0 Å². The Morgan fingerprint density at radius 1 is 1.07 bits per heavy atom. The van der Waals surface area contributed by atoms with Gasteiger partial charge in [0, 0.05) is 61.7 Å². The zero-order valence-corrected chi connectivity index (χ0v) is 19.7. The van der Waals surface area contributed by atoms with Crippen molar-refractivity contribution in [2.75, 3.05) is 44.2 Å². The Kier molecular flexibility index (Phi) is 9.53. The molecule has 2 heterocycles. The van der Waals surface area contributed by atoms with Crippen molar-refractivity contribution in [2.45, 2.75) is 13.3 Å². The van der Waals surface area contributed by atoms with E-state index < -0.39 is 0 Å². The second kappa shape index (κ2) is 11.6. The van der Waals surface area contributed by atoms with Crippen LogP contribution < -0.4 is 10.2 Å². The first-order valence-corrected chi connectivity index (χ1v) is 9.92. The molecule has 6 nitrogen and oxygen atoms in total. The number of aromatic nitrogens is 2. The Morgan fingerprint density at radius 2 is 1.71 bits per heavy atom. The van der Waals surface area contributed by atoms with Crippen LogP contribution in [0.15, 0.2) is 41.7 Å². The van der Waals surface area contributed by atoms with Gasteiger partial charge in [-0.25, -0.2) is 9.97 Å². The molecule has 0 atom stereocenters. The molecule has 0 bridgehead atoms. The van der Waals surface area contributed by atoms with E-state index in [0.29, 0.717) is 23.0 Å². The normalized spacial score (nSPS) is 14.6. The van der Waals surface area contributed by atoms with Crippen molar-refractivity contribution in [3.63, 3.8) is 0 Å². The zero-order valence-electron chi connectivity index (χ0n) is 15.8. The number of guanidine groups is 1. The number of aliphatic imine (C=N–C) groups is 1. The molecule has 1 aromatic carbocycles. The monoisotopic (exact) mass is 534 g/mol. The van der Waals surface area contributed by atoms with Crippen molar-refractivity contribution < 1.29 is 0 Å². The van der Waals surface area contributed by atoms with Gasteiger partial charge in [-0.3, -0.25) is 4.99 Å². The van der Waals surface area contributed by atoms with Gasteiger partial charge < -0.3 is 15.1 Å². The van der Waals surface area contributed by atoms with E-state index in [0.717, 1.165) is 50.2 Å². The van der Waals surface area contributed by atoms with Crippen molar-refractivity contribution >= 4 is 59.1 Å². The molecule has 9 heteroatoms. The first-order chi connectivity index (χ1) is 13.2. The number of rotatable bonds is 5. The van der Waals surface area contributed by atoms with Crippen LogP contribution in [0.2, 0.25) is 10.0 Å². The Bertz CT molecular complexity index is 746. The summed E-state index contributed by atoms with van der Waals surface area (Å²) in [6.07, 6.45) is 4.27. The third-order valence-electron chi connectivity index (χ3n) is 4.43. The maximum absolute atomic E-state index is 6.25. The van der Waals surface area contributed by atoms with Crippen LogP contribution in [0.1, 0.15) is 12.5 Å². The average Bonchev–Trinajstić information content (AvgIpc) is 2.70. The molecular formula is C19H25Cl2IN6. The van der Waals surface area contributed by atoms with Gasteiger partial charge in [-0.05, 0) is 37.1 Å². The van der Waals surface area contributed by atoms with Gasteiger partial charge in [-0.1, -0.05) is 29.3 Å². The van der Waals surface area contributed by atoms with Crippen LogP contribution in [0.25, 0.3) is 0 Å². The first-order valence-electron chi connectivity index (χ1n) is 9.17. The lowest BCUT2D eigenvalue weighted by molar-refractivity contribution is 0.370. The fraction of sp³-hybridized carbons (Fsp3) is 0.421. The summed E-state index contributed by atoms with van der Waals surface area (Å²) in [7, 11) is 0. The minimum atomic E-state index is 0. The smallest absolute Gasteiger partial charge is 0.225 e. The highest BCUT2D eigenvalue weighted by Gasteiger charge is 2.21. The summed E-state index contributed by atoms with van der Waals surface area (Å²) in [5, 5.41) is 4.77. The Morgan fingerprint density at radius 3 is 2.32 bits per heavy atom. The predicted octanol–water partition coefficient (Wildman–Crippen LogP) is 3.73.